The van der Waals surface area contributed by atoms with Gasteiger partial charge in [-0.05, 0) is 50.1 Å². The number of nitrogens with two attached hydrogens (primary N) is 1. The van der Waals surface area contributed by atoms with Crippen LogP contribution in [0.1, 0.15) is 29.8 Å². The van der Waals surface area contributed by atoms with E-state index in [1.807, 2.05) is 26.0 Å². The highest BCUT2D eigenvalue weighted by Gasteiger charge is 2.08. The van der Waals surface area contributed by atoms with E-state index in [0.717, 1.165) is 10.7 Å². The minimum absolute atomic E-state index is 0.0413. The van der Waals surface area contributed by atoms with Crippen LogP contribution < -0.4 is 5.73 Å². The summed E-state index contributed by atoms with van der Waals surface area (Å²) >= 11 is 1.68. The highest BCUT2D eigenvalue weighted by molar-refractivity contribution is 7.99. The van der Waals surface area contributed by atoms with E-state index in [1.165, 1.54) is 16.0 Å². The van der Waals surface area contributed by atoms with Crippen LogP contribution in [0.25, 0.3) is 0 Å². The van der Waals surface area contributed by atoms with Gasteiger partial charge in [0.2, 0.25) is 0 Å². The lowest BCUT2D eigenvalue weighted by Gasteiger charge is -2.12. The third-order valence-electron chi connectivity index (χ3n) is 2.70. The van der Waals surface area contributed by atoms with Gasteiger partial charge < -0.3 is 5.73 Å². The highest BCUT2D eigenvalue weighted by atomic mass is 32.2. The molecule has 0 saturated carbocycles. The van der Waals surface area contributed by atoms with Gasteiger partial charge in [0.25, 0.3) is 0 Å². The number of hydrogen-bond donors (Lipinski definition) is 1. The summed E-state index contributed by atoms with van der Waals surface area (Å²) in [5.41, 5.74) is 9.45. The summed E-state index contributed by atoms with van der Waals surface area (Å²) in [6, 6.07) is 12.5. The normalized spacial score (nSPS) is 12.4. The maximum Gasteiger partial charge on any atom is 0.101 e. The Hall–Kier alpha value is -1.32. The molecule has 2 N–H and O–H groups in total. The van der Waals surface area contributed by atoms with Gasteiger partial charge in [-0.25, -0.2) is 4.98 Å². The molecule has 0 aliphatic rings. The maximum absolute atomic E-state index is 5.99. The molecule has 0 amide bonds. The Morgan fingerprint density at radius 2 is 1.89 bits per heavy atom. The molecular formula is C15H18N2S. The smallest absolute Gasteiger partial charge is 0.101 e. The van der Waals surface area contributed by atoms with Gasteiger partial charge in [-0.1, -0.05) is 30.0 Å². The Morgan fingerprint density at radius 1 is 1.17 bits per heavy atom. The molecule has 0 spiro atoms. The van der Waals surface area contributed by atoms with Crippen molar-refractivity contribution in [1.82, 2.24) is 4.98 Å². The summed E-state index contributed by atoms with van der Waals surface area (Å²) in [6.07, 6.45) is 0. The molecule has 0 saturated heterocycles. The first-order valence-electron chi connectivity index (χ1n) is 6.04. The molecule has 0 aliphatic carbocycles. The van der Waals surface area contributed by atoms with Crippen LogP contribution in [0.2, 0.25) is 0 Å². The number of rotatable bonds is 3. The van der Waals surface area contributed by atoms with Crippen molar-refractivity contribution in [3.8, 4) is 0 Å². The summed E-state index contributed by atoms with van der Waals surface area (Å²) in [5, 5.41) is 1.03. The second-order valence-corrected chi connectivity index (χ2v) is 5.61. The molecule has 2 aromatic rings. The van der Waals surface area contributed by atoms with Gasteiger partial charge in [-0.15, -0.1) is 0 Å². The molecule has 0 unspecified atom stereocenters. The van der Waals surface area contributed by atoms with E-state index in [-0.39, 0.29) is 6.04 Å². The van der Waals surface area contributed by atoms with Gasteiger partial charge in [-0.2, -0.15) is 0 Å². The first kappa shape index (κ1) is 13.1. The predicted octanol–water partition coefficient (Wildman–Crippen LogP) is 3.87. The van der Waals surface area contributed by atoms with Crippen molar-refractivity contribution in [2.24, 2.45) is 5.73 Å². The van der Waals surface area contributed by atoms with Gasteiger partial charge in [0.1, 0.15) is 5.03 Å². The van der Waals surface area contributed by atoms with Crippen LogP contribution in [-0.4, -0.2) is 4.98 Å². The summed E-state index contributed by atoms with van der Waals surface area (Å²) in [7, 11) is 0. The van der Waals surface area contributed by atoms with E-state index < -0.39 is 0 Å². The summed E-state index contributed by atoms with van der Waals surface area (Å²) in [6.45, 7) is 6.12. The molecular weight excluding hydrogens is 240 g/mol. The molecule has 0 fully saturated rings. The number of nitrogens with zero attached hydrogens (tertiary/aromatic N) is 1. The average Bonchev–Trinajstić information content (AvgIpc) is 2.27. The van der Waals surface area contributed by atoms with Crippen molar-refractivity contribution in [2.45, 2.75) is 36.7 Å². The minimum Gasteiger partial charge on any atom is -0.324 e. The largest absolute Gasteiger partial charge is 0.324 e. The molecule has 18 heavy (non-hydrogen) atoms. The fourth-order valence-corrected chi connectivity index (χ4v) is 3.10. The lowest BCUT2D eigenvalue weighted by atomic mass is 10.1. The summed E-state index contributed by atoms with van der Waals surface area (Å²) in [5.74, 6) is 0. The lowest BCUT2D eigenvalue weighted by molar-refractivity contribution is 0.797. The number of benzene rings is 1. The Kier molecular flexibility index (Phi) is 4.04. The van der Waals surface area contributed by atoms with Crippen LogP contribution in [0.5, 0.6) is 0 Å². The predicted molar refractivity (Wildman–Crippen MR) is 76.9 cm³/mol. The van der Waals surface area contributed by atoms with Gasteiger partial charge >= 0.3 is 0 Å². The van der Waals surface area contributed by atoms with E-state index >= 15 is 0 Å². The number of aryl methyl sites for hydroxylation is 2. The highest BCUT2D eigenvalue weighted by Crippen LogP contribution is 2.32. The number of aromatic nitrogens is 1. The van der Waals surface area contributed by atoms with E-state index in [0.29, 0.717) is 0 Å². The van der Waals surface area contributed by atoms with Crippen LogP contribution in [-0.2, 0) is 0 Å². The minimum atomic E-state index is 0.0413. The zero-order valence-corrected chi connectivity index (χ0v) is 11.8. The second-order valence-electron chi connectivity index (χ2n) is 4.55. The molecule has 0 bridgehead atoms. The first-order chi connectivity index (χ1) is 8.56. The van der Waals surface area contributed by atoms with Crippen LogP contribution in [0.3, 0.4) is 0 Å². The maximum atomic E-state index is 5.99. The Morgan fingerprint density at radius 3 is 2.56 bits per heavy atom. The van der Waals surface area contributed by atoms with E-state index in [2.05, 4.69) is 36.2 Å². The molecule has 0 radical (unpaired) electrons. The molecule has 3 heteroatoms. The van der Waals surface area contributed by atoms with Crippen LogP contribution in [0.4, 0.5) is 0 Å². The van der Waals surface area contributed by atoms with Gasteiger partial charge in [0, 0.05) is 16.6 Å². The third kappa shape index (κ3) is 3.12. The molecule has 1 heterocycles. The second kappa shape index (κ2) is 5.55. The van der Waals surface area contributed by atoms with Gasteiger partial charge in [0.05, 0.1) is 0 Å². The quantitative estimate of drug-likeness (QED) is 0.908. The van der Waals surface area contributed by atoms with E-state index in [9.17, 15) is 0 Å². The van der Waals surface area contributed by atoms with Crippen molar-refractivity contribution in [1.29, 1.82) is 0 Å². The van der Waals surface area contributed by atoms with Crippen LogP contribution in [0, 0.1) is 13.8 Å². The fourth-order valence-electron chi connectivity index (χ4n) is 1.92. The molecule has 94 valence electrons. The number of hydrogen-bond acceptors (Lipinski definition) is 3. The standard InChI is InChI=1S/C15H18N2S/c1-10-8-11(2)17-15(9-10)18-14-7-5-4-6-13(14)12(3)16/h4-9,12H,16H2,1-3H3/t12-/m1/s1. The Labute approximate surface area is 113 Å². The van der Waals surface area contributed by atoms with Crippen molar-refractivity contribution < 1.29 is 0 Å². The molecule has 2 rings (SSSR count). The molecule has 1 aromatic carbocycles. The monoisotopic (exact) mass is 258 g/mol. The van der Waals surface area contributed by atoms with Gasteiger partial charge in [-0.3, -0.25) is 0 Å². The van der Waals surface area contributed by atoms with Crippen molar-refractivity contribution in [3.05, 3.63) is 53.2 Å². The fraction of sp³-hybridized carbons (Fsp3) is 0.267. The van der Waals surface area contributed by atoms with Crippen molar-refractivity contribution in [2.75, 3.05) is 0 Å². The number of pyridine rings is 1. The van der Waals surface area contributed by atoms with Crippen LogP contribution >= 0.6 is 11.8 Å². The van der Waals surface area contributed by atoms with E-state index in [4.69, 9.17) is 5.73 Å². The Bertz CT molecular complexity index is 530. The molecule has 1 aromatic heterocycles. The third-order valence-corrected chi connectivity index (χ3v) is 3.71. The zero-order valence-electron chi connectivity index (χ0n) is 11.0. The average molecular weight is 258 g/mol. The molecule has 2 nitrogen and oxygen atoms in total. The Balaban J connectivity index is 2.34. The zero-order chi connectivity index (χ0) is 13.1. The van der Waals surface area contributed by atoms with Crippen LogP contribution in [0.15, 0.2) is 46.3 Å². The summed E-state index contributed by atoms with van der Waals surface area (Å²) < 4.78 is 0. The van der Waals surface area contributed by atoms with Crippen molar-refractivity contribution in [3.63, 3.8) is 0 Å². The van der Waals surface area contributed by atoms with E-state index in [1.54, 1.807) is 11.8 Å². The topological polar surface area (TPSA) is 38.9 Å². The lowest BCUT2D eigenvalue weighted by Crippen LogP contribution is -2.06. The first-order valence-corrected chi connectivity index (χ1v) is 6.85. The van der Waals surface area contributed by atoms with Crippen molar-refractivity contribution >= 4 is 11.8 Å². The SMILES string of the molecule is Cc1cc(C)nc(Sc2ccccc2[C@@H](C)N)c1. The summed E-state index contributed by atoms with van der Waals surface area (Å²) in [4.78, 5) is 5.74. The molecule has 0 aliphatic heterocycles. The van der Waals surface area contributed by atoms with Gasteiger partial charge in [0.15, 0.2) is 0 Å². The molecule has 1 atom stereocenters.